The number of rotatable bonds is 4. The van der Waals surface area contributed by atoms with Gasteiger partial charge in [-0.3, -0.25) is 0 Å². The molecular formula is C14H25N. The molecule has 0 aromatic rings. The van der Waals surface area contributed by atoms with Crippen LogP contribution in [0, 0.1) is 0 Å². The van der Waals surface area contributed by atoms with Crippen LogP contribution in [0.5, 0.6) is 0 Å². The van der Waals surface area contributed by atoms with Crippen LogP contribution in [-0.4, -0.2) is 25.5 Å². The maximum Gasteiger partial charge on any atom is 0.0300 e. The van der Waals surface area contributed by atoms with E-state index in [1.54, 1.807) is 0 Å². The van der Waals surface area contributed by atoms with Gasteiger partial charge in [0.1, 0.15) is 0 Å². The minimum atomic E-state index is 0.886. The van der Waals surface area contributed by atoms with E-state index in [9.17, 15) is 0 Å². The Labute approximate surface area is 95.5 Å². The molecule has 15 heavy (non-hydrogen) atoms. The van der Waals surface area contributed by atoms with Crippen LogP contribution in [0.4, 0.5) is 0 Å². The number of nitrogens with zero attached hydrogens (tertiary/aromatic N) is 1. The van der Waals surface area contributed by atoms with Crippen LogP contribution in [0.1, 0.15) is 27.2 Å². The molecule has 0 saturated heterocycles. The summed E-state index contributed by atoms with van der Waals surface area (Å²) in [6.45, 7) is 10.8. The van der Waals surface area contributed by atoms with Crippen molar-refractivity contribution in [1.82, 2.24) is 4.90 Å². The van der Waals surface area contributed by atoms with Crippen LogP contribution < -0.4 is 0 Å². The molecule has 0 aromatic carbocycles. The Morgan fingerprint density at radius 3 is 2.20 bits per heavy atom. The predicted molar refractivity (Wildman–Crippen MR) is 71.1 cm³/mol. The highest BCUT2D eigenvalue weighted by Gasteiger charge is 1.90. The molecule has 0 atom stereocenters. The first-order valence-corrected chi connectivity index (χ1v) is 5.46. The van der Waals surface area contributed by atoms with Crippen LogP contribution in [0.15, 0.2) is 42.2 Å². The Morgan fingerprint density at radius 1 is 1.33 bits per heavy atom. The Bertz CT molecular complexity index is 228. The number of likely N-dealkylation sites (N-methyl/N-ethyl adjacent to an activating group) is 1. The third-order valence-corrected chi connectivity index (χ3v) is 1.29. The van der Waals surface area contributed by atoms with Gasteiger partial charge in [-0.25, -0.2) is 0 Å². The maximum atomic E-state index is 3.72. The Hall–Kier alpha value is -1.04. The summed E-state index contributed by atoms with van der Waals surface area (Å²) in [5, 5.41) is 0. The Morgan fingerprint density at radius 2 is 1.87 bits per heavy atom. The molecule has 0 bridgehead atoms. The summed E-state index contributed by atoms with van der Waals surface area (Å²) in [4.78, 5) is 2.09. The lowest BCUT2D eigenvalue weighted by Gasteiger charge is -2.07. The van der Waals surface area contributed by atoms with Crippen molar-refractivity contribution in [3.8, 4) is 0 Å². The summed E-state index contributed by atoms with van der Waals surface area (Å²) in [6.07, 6.45) is 8.92. The Kier molecular flexibility index (Phi) is 14.2. The first-order chi connectivity index (χ1) is 7.12. The van der Waals surface area contributed by atoms with Crippen LogP contribution >= 0.6 is 0 Å². The van der Waals surface area contributed by atoms with Crippen molar-refractivity contribution in [2.75, 3.05) is 20.6 Å². The molecule has 0 heterocycles. The van der Waals surface area contributed by atoms with E-state index < -0.39 is 0 Å². The minimum Gasteiger partial charge on any atom is -0.305 e. The second kappa shape index (κ2) is 13.0. The van der Waals surface area contributed by atoms with Crippen LogP contribution in [-0.2, 0) is 0 Å². The molecule has 0 unspecified atom stereocenters. The second-order valence-corrected chi connectivity index (χ2v) is 3.51. The molecule has 0 fully saturated rings. The predicted octanol–water partition coefficient (Wildman–Crippen LogP) is 3.81. The van der Waals surface area contributed by atoms with Crippen molar-refractivity contribution in [2.45, 2.75) is 27.2 Å². The van der Waals surface area contributed by atoms with E-state index in [4.69, 9.17) is 0 Å². The lowest BCUT2D eigenvalue weighted by atomic mass is 10.2. The SMILES string of the molecule is C=CC(=C=C/C=C\C)CN(C)C.CCC. The maximum absolute atomic E-state index is 3.72. The molecule has 0 aliphatic heterocycles. The summed E-state index contributed by atoms with van der Waals surface area (Å²) < 4.78 is 0. The Balaban J connectivity index is 0. The molecule has 0 amide bonds. The zero-order valence-electron chi connectivity index (χ0n) is 10.9. The lowest BCUT2D eigenvalue weighted by Crippen LogP contribution is -2.13. The smallest absolute Gasteiger partial charge is 0.0300 e. The van der Waals surface area contributed by atoms with E-state index >= 15 is 0 Å². The van der Waals surface area contributed by atoms with Crippen LogP contribution in [0.2, 0.25) is 0 Å². The van der Waals surface area contributed by atoms with E-state index in [1.807, 2.05) is 45.3 Å². The summed E-state index contributed by atoms with van der Waals surface area (Å²) >= 11 is 0. The van der Waals surface area contributed by atoms with Gasteiger partial charge in [0.25, 0.3) is 0 Å². The van der Waals surface area contributed by atoms with Gasteiger partial charge in [-0.2, -0.15) is 0 Å². The van der Waals surface area contributed by atoms with Gasteiger partial charge in [-0.15, -0.1) is 5.73 Å². The van der Waals surface area contributed by atoms with Crippen molar-refractivity contribution in [1.29, 1.82) is 0 Å². The quantitative estimate of drug-likeness (QED) is 0.500. The third kappa shape index (κ3) is 15.7. The van der Waals surface area contributed by atoms with E-state index in [0.717, 1.165) is 12.1 Å². The van der Waals surface area contributed by atoms with Gasteiger partial charge in [0, 0.05) is 12.1 Å². The summed E-state index contributed by atoms with van der Waals surface area (Å²) in [5.74, 6) is 0. The zero-order chi connectivity index (χ0) is 12.1. The van der Waals surface area contributed by atoms with Crippen molar-refractivity contribution in [3.63, 3.8) is 0 Å². The van der Waals surface area contributed by atoms with Gasteiger partial charge in [0.05, 0.1) is 0 Å². The summed E-state index contributed by atoms with van der Waals surface area (Å²) in [6, 6.07) is 0. The monoisotopic (exact) mass is 207 g/mol. The number of hydrogen-bond donors (Lipinski definition) is 0. The van der Waals surface area contributed by atoms with Crippen LogP contribution in [0.25, 0.3) is 0 Å². The van der Waals surface area contributed by atoms with Gasteiger partial charge < -0.3 is 4.90 Å². The van der Waals surface area contributed by atoms with Gasteiger partial charge in [-0.05, 0) is 27.1 Å². The van der Waals surface area contributed by atoms with E-state index in [0.29, 0.717) is 0 Å². The third-order valence-electron chi connectivity index (χ3n) is 1.29. The fraction of sp³-hybridized carbons (Fsp3) is 0.500. The zero-order valence-corrected chi connectivity index (χ0v) is 10.9. The molecule has 0 radical (unpaired) electrons. The first-order valence-electron chi connectivity index (χ1n) is 5.46. The van der Waals surface area contributed by atoms with E-state index in [2.05, 4.69) is 31.1 Å². The van der Waals surface area contributed by atoms with Crippen LogP contribution in [0.3, 0.4) is 0 Å². The minimum absolute atomic E-state index is 0.886. The number of hydrogen-bond acceptors (Lipinski definition) is 1. The normalized spacial score (nSPS) is 9.20. The van der Waals surface area contributed by atoms with Gasteiger partial charge >= 0.3 is 0 Å². The highest BCUT2D eigenvalue weighted by Crippen LogP contribution is 1.94. The molecule has 1 heteroatoms. The van der Waals surface area contributed by atoms with Crippen molar-refractivity contribution in [3.05, 3.63) is 42.2 Å². The highest BCUT2D eigenvalue weighted by atomic mass is 15.0. The number of allylic oxidation sites excluding steroid dienone is 2. The van der Waals surface area contributed by atoms with Crippen molar-refractivity contribution >= 4 is 0 Å². The topological polar surface area (TPSA) is 3.24 Å². The van der Waals surface area contributed by atoms with Crippen molar-refractivity contribution < 1.29 is 0 Å². The molecule has 0 aliphatic rings. The van der Waals surface area contributed by atoms with Gasteiger partial charge in [0.2, 0.25) is 0 Å². The van der Waals surface area contributed by atoms with E-state index in [-0.39, 0.29) is 0 Å². The molecule has 0 spiro atoms. The van der Waals surface area contributed by atoms with Crippen molar-refractivity contribution in [2.24, 2.45) is 0 Å². The average molecular weight is 207 g/mol. The molecule has 0 saturated carbocycles. The lowest BCUT2D eigenvalue weighted by molar-refractivity contribution is 0.449. The first kappa shape index (κ1) is 16.4. The molecular weight excluding hydrogens is 182 g/mol. The highest BCUT2D eigenvalue weighted by molar-refractivity contribution is 5.19. The molecule has 1 nitrogen and oxygen atoms in total. The molecule has 0 rings (SSSR count). The molecule has 0 aromatic heterocycles. The van der Waals surface area contributed by atoms with Gasteiger partial charge in [0.15, 0.2) is 0 Å². The van der Waals surface area contributed by atoms with E-state index in [1.165, 1.54) is 6.42 Å². The standard InChI is InChI=1S/C11H17N.C3H8/c1-5-7-8-9-11(6-2)10-12(3)4;1-3-2/h5-8H,2,10H2,1,3-4H3;3H2,1-2H3/b7-5-;. The largest absolute Gasteiger partial charge is 0.305 e. The summed E-state index contributed by atoms with van der Waals surface area (Å²) in [7, 11) is 4.06. The molecule has 86 valence electrons. The average Bonchev–Trinajstić information content (AvgIpc) is 2.17. The molecule has 0 aliphatic carbocycles. The fourth-order valence-electron chi connectivity index (χ4n) is 0.761. The van der Waals surface area contributed by atoms with Gasteiger partial charge in [-0.1, -0.05) is 45.1 Å². The fourth-order valence-corrected chi connectivity index (χ4v) is 0.761. The summed E-state index contributed by atoms with van der Waals surface area (Å²) in [5.41, 5.74) is 4.26. The second-order valence-electron chi connectivity index (χ2n) is 3.51. The molecule has 0 N–H and O–H groups in total.